The number of aliphatic carboxylic acids is 1. The minimum absolute atomic E-state index is 0.156. The van der Waals surface area contributed by atoms with Crippen molar-refractivity contribution in [2.45, 2.75) is 6.42 Å². The monoisotopic (exact) mass is 257 g/mol. The fraction of sp³-hybridized carbons (Fsp3) is 0.111. The van der Waals surface area contributed by atoms with Crippen molar-refractivity contribution in [3.63, 3.8) is 0 Å². The van der Waals surface area contributed by atoms with Crippen molar-refractivity contribution in [3.05, 3.63) is 33.5 Å². The van der Waals surface area contributed by atoms with Gasteiger partial charge in [-0.1, -0.05) is 0 Å². The van der Waals surface area contributed by atoms with Crippen LogP contribution in [0.25, 0.3) is 0 Å². The molecular formula is C9H5BrFNO2. The van der Waals surface area contributed by atoms with Gasteiger partial charge < -0.3 is 5.11 Å². The highest BCUT2D eigenvalue weighted by Gasteiger charge is 2.10. The number of benzene rings is 1. The van der Waals surface area contributed by atoms with Gasteiger partial charge in [0.1, 0.15) is 5.82 Å². The third-order valence-corrected chi connectivity index (χ3v) is 2.22. The summed E-state index contributed by atoms with van der Waals surface area (Å²) in [6.07, 6.45) is -0.354. The fourth-order valence-corrected chi connectivity index (χ4v) is 1.34. The zero-order valence-electron chi connectivity index (χ0n) is 6.92. The van der Waals surface area contributed by atoms with Crippen LogP contribution in [0.15, 0.2) is 16.6 Å². The van der Waals surface area contributed by atoms with Gasteiger partial charge in [-0.3, -0.25) is 4.79 Å². The van der Waals surface area contributed by atoms with Crippen LogP contribution in [-0.4, -0.2) is 11.1 Å². The minimum Gasteiger partial charge on any atom is -0.481 e. The molecule has 0 aliphatic carbocycles. The van der Waals surface area contributed by atoms with E-state index in [9.17, 15) is 9.18 Å². The van der Waals surface area contributed by atoms with Gasteiger partial charge in [0.15, 0.2) is 0 Å². The highest BCUT2D eigenvalue weighted by Crippen LogP contribution is 2.20. The molecule has 0 amide bonds. The summed E-state index contributed by atoms with van der Waals surface area (Å²) in [5.74, 6) is -1.66. The highest BCUT2D eigenvalue weighted by molar-refractivity contribution is 9.10. The molecule has 0 atom stereocenters. The third-order valence-electron chi connectivity index (χ3n) is 1.61. The molecule has 1 aromatic carbocycles. The van der Waals surface area contributed by atoms with Gasteiger partial charge in [-0.25, -0.2) is 4.39 Å². The molecule has 1 N–H and O–H groups in total. The zero-order chi connectivity index (χ0) is 10.7. The van der Waals surface area contributed by atoms with Gasteiger partial charge in [-0.05, 0) is 33.6 Å². The number of rotatable bonds is 2. The van der Waals surface area contributed by atoms with Gasteiger partial charge in [0, 0.05) is 0 Å². The summed E-state index contributed by atoms with van der Waals surface area (Å²) < 4.78 is 13.2. The largest absolute Gasteiger partial charge is 0.481 e. The average Bonchev–Trinajstić information content (AvgIpc) is 2.10. The molecule has 1 aromatic rings. The van der Waals surface area contributed by atoms with Gasteiger partial charge in [0.05, 0.1) is 22.5 Å². The first kappa shape index (κ1) is 10.7. The van der Waals surface area contributed by atoms with E-state index in [2.05, 4.69) is 15.9 Å². The van der Waals surface area contributed by atoms with Crippen LogP contribution in [0.2, 0.25) is 0 Å². The van der Waals surface area contributed by atoms with E-state index >= 15 is 0 Å². The van der Waals surface area contributed by atoms with Crippen LogP contribution < -0.4 is 0 Å². The maximum atomic E-state index is 13.0. The lowest BCUT2D eigenvalue weighted by Crippen LogP contribution is -2.03. The number of carbonyl (C=O) groups is 1. The molecule has 0 bridgehead atoms. The van der Waals surface area contributed by atoms with E-state index in [-0.39, 0.29) is 22.0 Å². The SMILES string of the molecule is N#Cc1cc(Br)c(F)cc1CC(=O)O. The normalized spacial score (nSPS) is 9.50. The summed E-state index contributed by atoms with van der Waals surface area (Å²) in [5.41, 5.74) is 0.348. The lowest BCUT2D eigenvalue weighted by atomic mass is 10.1. The van der Waals surface area contributed by atoms with Crippen LogP contribution in [0.5, 0.6) is 0 Å². The first-order valence-electron chi connectivity index (χ1n) is 3.64. The number of nitriles is 1. The van der Waals surface area contributed by atoms with E-state index in [4.69, 9.17) is 10.4 Å². The summed E-state index contributed by atoms with van der Waals surface area (Å²) in [4.78, 5) is 10.4. The Morgan fingerprint density at radius 2 is 2.29 bits per heavy atom. The molecule has 0 aliphatic heterocycles. The molecule has 72 valence electrons. The molecule has 14 heavy (non-hydrogen) atoms. The molecular weight excluding hydrogens is 253 g/mol. The molecule has 0 aliphatic rings. The van der Waals surface area contributed by atoms with Gasteiger partial charge >= 0.3 is 5.97 Å². The molecule has 0 saturated carbocycles. The lowest BCUT2D eigenvalue weighted by molar-refractivity contribution is -0.136. The van der Waals surface area contributed by atoms with E-state index in [1.165, 1.54) is 6.07 Å². The number of halogens is 2. The van der Waals surface area contributed by atoms with Gasteiger partial charge in [0.2, 0.25) is 0 Å². The van der Waals surface area contributed by atoms with E-state index in [1.54, 1.807) is 0 Å². The molecule has 0 fully saturated rings. The Morgan fingerprint density at radius 1 is 1.64 bits per heavy atom. The lowest BCUT2D eigenvalue weighted by Gasteiger charge is -2.02. The second kappa shape index (κ2) is 4.20. The quantitative estimate of drug-likeness (QED) is 0.883. The summed E-state index contributed by atoms with van der Waals surface area (Å²) in [7, 11) is 0. The smallest absolute Gasteiger partial charge is 0.307 e. The molecule has 0 radical (unpaired) electrons. The number of hydrogen-bond acceptors (Lipinski definition) is 2. The Labute approximate surface area is 87.9 Å². The Balaban J connectivity index is 3.22. The fourth-order valence-electron chi connectivity index (χ4n) is 1.00. The van der Waals surface area contributed by atoms with Crippen molar-refractivity contribution in [2.24, 2.45) is 0 Å². The van der Waals surface area contributed by atoms with Crippen molar-refractivity contribution in [1.29, 1.82) is 5.26 Å². The molecule has 0 spiro atoms. The van der Waals surface area contributed by atoms with Gasteiger partial charge in [-0.15, -0.1) is 0 Å². The summed E-state index contributed by atoms with van der Waals surface area (Å²) >= 11 is 2.91. The third kappa shape index (κ3) is 2.30. The molecule has 0 saturated heterocycles. The standard InChI is InChI=1S/C9H5BrFNO2/c10-7-1-6(4-12)5(2-8(7)11)3-9(13)14/h1-2H,3H2,(H,13,14). The number of carboxylic acids is 1. The van der Waals surface area contributed by atoms with E-state index < -0.39 is 11.8 Å². The van der Waals surface area contributed by atoms with E-state index in [0.29, 0.717) is 0 Å². The number of hydrogen-bond donors (Lipinski definition) is 1. The predicted molar refractivity (Wildman–Crippen MR) is 50.2 cm³/mol. The molecule has 0 unspecified atom stereocenters. The van der Waals surface area contributed by atoms with Crippen molar-refractivity contribution in [3.8, 4) is 6.07 Å². The van der Waals surface area contributed by atoms with E-state index in [1.807, 2.05) is 6.07 Å². The molecule has 1 rings (SSSR count). The first-order chi connectivity index (χ1) is 6.54. The summed E-state index contributed by atoms with van der Waals surface area (Å²) in [6.45, 7) is 0. The summed E-state index contributed by atoms with van der Waals surface area (Å²) in [6, 6.07) is 4.13. The topological polar surface area (TPSA) is 61.1 Å². The van der Waals surface area contributed by atoms with E-state index in [0.717, 1.165) is 6.07 Å². The molecule has 0 aromatic heterocycles. The van der Waals surface area contributed by atoms with Crippen LogP contribution in [0.3, 0.4) is 0 Å². The Hall–Kier alpha value is -1.41. The minimum atomic E-state index is -1.09. The van der Waals surface area contributed by atoms with Crippen molar-refractivity contribution >= 4 is 21.9 Å². The van der Waals surface area contributed by atoms with Gasteiger partial charge in [0.25, 0.3) is 0 Å². The maximum Gasteiger partial charge on any atom is 0.307 e. The van der Waals surface area contributed by atoms with Crippen molar-refractivity contribution in [2.75, 3.05) is 0 Å². The van der Waals surface area contributed by atoms with Crippen molar-refractivity contribution < 1.29 is 14.3 Å². The zero-order valence-corrected chi connectivity index (χ0v) is 8.51. The second-order valence-electron chi connectivity index (χ2n) is 2.61. The average molecular weight is 258 g/mol. The van der Waals surface area contributed by atoms with Crippen LogP contribution in [0.4, 0.5) is 4.39 Å². The molecule has 5 heteroatoms. The predicted octanol–water partition coefficient (Wildman–Crippen LogP) is 2.09. The van der Waals surface area contributed by atoms with Crippen LogP contribution in [0.1, 0.15) is 11.1 Å². The number of carboxylic acid groups (broad SMARTS) is 1. The second-order valence-corrected chi connectivity index (χ2v) is 3.46. The Kier molecular flexibility index (Phi) is 3.20. The number of nitrogens with zero attached hydrogens (tertiary/aromatic N) is 1. The van der Waals surface area contributed by atoms with Crippen LogP contribution in [0, 0.1) is 17.1 Å². The molecule has 0 heterocycles. The Bertz CT molecular complexity index is 426. The first-order valence-corrected chi connectivity index (χ1v) is 4.43. The van der Waals surface area contributed by atoms with Crippen molar-refractivity contribution in [1.82, 2.24) is 0 Å². The molecule has 3 nitrogen and oxygen atoms in total. The Morgan fingerprint density at radius 3 is 2.79 bits per heavy atom. The van der Waals surface area contributed by atoms with Gasteiger partial charge in [-0.2, -0.15) is 5.26 Å². The van der Waals surface area contributed by atoms with Crippen LogP contribution >= 0.6 is 15.9 Å². The summed E-state index contributed by atoms with van der Waals surface area (Å²) in [5, 5.41) is 17.2. The maximum absolute atomic E-state index is 13.0. The van der Waals surface area contributed by atoms with Crippen LogP contribution in [-0.2, 0) is 11.2 Å². The highest BCUT2D eigenvalue weighted by atomic mass is 79.9.